The summed E-state index contributed by atoms with van der Waals surface area (Å²) in [5.41, 5.74) is 0.535. The van der Waals surface area contributed by atoms with Crippen molar-refractivity contribution in [3.8, 4) is 0 Å². The number of hydrogen-bond donors (Lipinski definition) is 0. The average Bonchev–Trinajstić information content (AvgIpc) is 2.34. The Bertz CT molecular complexity index is 598. The molecule has 1 rings (SSSR count). The van der Waals surface area contributed by atoms with Crippen LogP contribution in [-0.2, 0) is 19.6 Å². The lowest BCUT2D eigenvalue weighted by Gasteiger charge is -2.25. The second-order valence-electron chi connectivity index (χ2n) is 4.63. The quantitative estimate of drug-likeness (QED) is 0.781. The normalized spacial score (nSPS) is 11.9. The van der Waals surface area contributed by atoms with E-state index < -0.39 is 16.0 Å². The number of aryl methyl sites for hydroxylation is 1. The van der Waals surface area contributed by atoms with Gasteiger partial charge >= 0.3 is 5.97 Å². The Balaban J connectivity index is 3.26. The molecule has 0 saturated carbocycles. The van der Waals surface area contributed by atoms with Gasteiger partial charge in [0.15, 0.2) is 0 Å². The van der Waals surface area contributed by atoms with E-state index in [-0.39, 0.29) is 17.5 Å². The molecule has 0 unspecified atom stereocenters. The van der Waals surface area contributed by atoms with Gasteiger partial charge in [-0.2, -0.15) is 4.31 Å². The van der Waals surface area contributed by atoms with Crippen LogP contribution in [0.1, 0.15) is 19.4 Å². The number of carbonyl (C=O) groups excluding carboxylic acids is 1. The Kier molecular flexibility index (Phi) is 5.56. The standard InChI is InChI=1S/C13H18ClNO4S/c1-9(2)15(8-13(16)19-4)20(17,18)12-6-5-11(14)7-10(12)3/h5-7,9H,8H2,1-4H3. The lowest BCUT2D eigenvalue weighted by atomic mass is 10.2. The van der Waals surface area contributed by atoms with Gasteiger partial charge in [-0.05, 0) is 44.5 Å². The maximum Gasteiger partial charge on any atom is 0.321 e. The lowest BCUT2D eigenvalue weighted by Crippen LogP contribution is -2.41. The summed E-state index contributed by atoms with van der Waals surface area (Å²) in [5.74, 6) is -0.603. The van der Waals surface area contributed by atoms with Gasteiger partial charge in [0.25, 0.3) is 0 Å². The number of esters is 1. The van der Waals surface area contributed by atoms with E-state index in [2.05, 4.69) is 4.74 Å². The molecule has 0 radical (unpaired) electrons. The highest BCUT2D eigenvalue weighted by Gasteiger charge is 2.30. The third-order valence-electron chi connectivity index (χ3n) is 2.81. The summed E-state index contributed by atoms with van der Waals surface area (Å²) in [6.07, 6.45) is 0. The van der Waals surface area contributed by atoms with Crippen LogP contribution < -0.4 is 0 Å². The summed E-state index contributed by atoms with van der Waals surface area (Å²) in [6, 6.07) is 4.16. The van der Waals surface area contributed by atoms with Crippen molar-refractivity contribution in [3.05, 3.63) is 28.8 Å². The number of benzene rings is 1. The van der Waals surface area contributed by atoms with Crippen molar-refractivity contribution in [1.29, 1.82) is 0 Å². The molecule has 112 valence electrons. The first-order chi connectivity index (χ1) is 9.20. The first-order valence-corrected chi connectivity index (χ1v) is 7.86. The van der Waals surface area contributed by atoms with Crippen molar-refractivity contribution >= 4 is 27.6 Å². The van der Waals surface area contributed by atoms with E-state index in [0.29, 0.717) is 10.6 Å². The van der Waals surface area contributed by atoms with Crippen LogP contribution in [0.15, 0.2) is 23.1 Å². The van der Waals surface area contributed by atoms with E-state index >= 15 is 0 Å². The van der Waals surface area contributed by atoms with Crippen LogP contribution >= 0.6 is 11.6 Å². The molecule has 0 spiro atoms. The van der Waals surface area contributed by atoms with Crippen LogP contribution in [0.25, 0.3) is 0 Å². The van der Waals surface area contributed by atoms with Crippen molar-refractivity contribution in [3.63, 3.8) is 0 Å². The minimum Gasteiger partial charge on any atom is -0.468 e. The molecular weight excluding hydrogens is 302 g/mol. The Morgan fingerprint density at radius 2 is 2.00 bits per heavy atom. The van der Waals surface area contributed by atoms with E-state index in [1.54, 1.807) is 26.8 Å². The molecule has 0 atom stereocenters. The first-order valence-electron chi connectivity index (χ1n) is 6.05. The topological polar surface area (TPSA) is 63.7 Å². The van der Waals surface area contributed by atoms with Gasteiger partial charge in [-0.25, -0.2) is 8.42 Å². The molecule has 0 fully saturated rings. The van der Waals surface area contributed by atoms with Crippen molar-refractivity contribution < 1.29 is 17.9 Å². The second kappa shape index (κ2) is 6.56. The fraction of sp³-hybridized carbons (Fsp3) is 0.462. The zero-order valence-corrected chi connectivity index (χ0v) is 13.5. The predicted molar refractivity (Wildman–Crippen MR) is 77.2 cm³/mol. The van der Waals surface area contributed by atoms with Gasteiger partial charge in [0.05, 0.1) is 12.0 Å². The van der Waals surface area contributed by atoms with E-state index in [0.717, 1.165) is 4.31 Å². The van der Waals surface area contributed by atoms with Crippen LogP contribution in [0, 0.1) is 6.92 Å². The minimum atomic E-state index is -3.78. The number of carbonyl (C=O) groups is 1. The molecule has 0 heterocycles. The summed E-state index contributed by atoms with van der Waals surface area (Å²) in [7, 11) is -2.56. The molecule has 0 amide bonds. The molecule has 0 saturated heterocycles. The Labute approximate surface area is 124 Å². The lowest BCUT2D eigenvalue weighted by molar-refractivity contribution is -0.141. The predicted octanol–water partition coefficient (Wildman–Crippen LogP) is 2.22. The van der Waals surface area contributed by atoms with Crippen molar-refractivity contribution in [1.82, 2.24) is 4.31 Å². The maximum absolute atomic E-state index is 12.6. The fourth-order valence-corrected chi connectivity index (χ4v) is 3.78. The third-order valence-corrected chi connectivity index (χ3v) is 5.23. The molecule has 0 aliphatic heterocycles. The molecular formula is C13H18ClNO4S. The van der Waals surface area contributed by atoms with Crippen LogP contribution in [0.3, 0.4) is 0 Å². The van der Waals surface area contributed by atoms with Crippen molar-refractivity contribution in [2.45, 2.75) is 31.7 Å². The highest BCUT2D eigenvalue weighted by Crippen LogP contribution is 2.24. The van der Waals surface area contributed by atoms with E-state index in [1.807, 2.05) is 0 Å². The van der Waals surface area contributed by atoms with Gasteiger partial charge in [-0.15, -0.1) is 0 Å². The van der Waals surface area contributed by atoms with Gasteiger partial charge in [0, 0.05) is 11.1 Å². The van der Waals surface area contributed by atoms with Crippen LogP contribution in [0.4, 0.5) is 0 Å². The number of nitrogens with zero attached hydrogens (tertiary/aromatic N) is 1. The van der Waals surface area contributed by atoms with Gasteiger partial charge in [-0.1, -0.05) is 11.6 Å². The Morgan fingerprint density at radius 3 is 2.45 bits per heavy atom. The zero-order chi connectivity index (χ0) is 15.5. The maximum atomic E-state index is 12.6. The number of methoxy groups -OCH3 is 1. The van der Waals surface area contributed by atoms with Crippen LogP contribution in [-0.4, -0.2) is 38.4 Å². The number of sulfonamides is 1. The van der Waals surface area contributed by atoms with Crippen molar-refractivity contribution in [2.24, 2.45) is 0 Å². The molecule has 7 heteroatoms. The zero-order valence-electron chi connectivity index (χ0n) is 11.9. The Morgan fingerprint density at radius 1 is 1.40 bits per heavy atom. The highest BCUT2D eigenvalue weighted by atomic mass is 35.5. The second-order valence-corrected chi connectivity index (χ2v) is 6.93. The molecule has 1 aromatic rings. The number of hydrogen-bond acceptors (Lipinski definition) is 4. The van der Waals surface area contributed by atoms with Gasteiger partial charge in [0.2, 0.25) is 10.0 Å². The molecule has 1 aromatic carbocycles. The van der Waals surface area contributed by atoms with Gasteiger partial charge in [0.1, 0.15) is 6.54 Å². The molecule has 5 nitrogen and oxygen atoms in total. The number of halogens is 1. The Hall–Kier alpha value is -1.11. The molecule has 0 N–H and O–H groups in total. The number of rotatable bonds is 5. The SMILES string of the molecule is COC(=O)CN(C(C)C)S(=O)(=O)c1ccc(Cl)cc1C. The molecule has 0 bridgehead atoms. The minimum absolute atomic E-state index is 0.138. The van der Waals surface area contributed by atoms with Crippen LogP contribution in [0.2, 0.25) is 5.02 Å². The number of ether oxygens (including phenoxy) is 1. The largest absolute Gasteiger partial charge is 0.468 e. The van der Waals surface area contributed by atoms with E-state index in [9.17, 15) is 13.2 Å². The molecule has 0 aliphatic rings. The first kappa shape index (κ1) is 16.9. The summed E-state index contributed by atoms with van der Waals surface area (Å²) in [5, 5.41) is 0.463. The molecule has 0 aliphatic carbocycles. The van der Waals surface area contributed by atoms with Crippen LogP contribution in [0.5, 0.6) is 0 Å². The fourth-order valence-electron chi connectivity index (χ4n) is 1.77. The molecule has 20 heavy (non-hydrogen) atoms. The van der Waals surface area contributed by atoms with E-state index in [1.165, 1.54) is 19.2 Å². The molecule has 0 aromatic heterocycles. The van der Waals surface area contributed by atoms with Crippen molar-refractivity contribution in [2.75, 3.05) is 13.7 Å². The summed E-state index contributed by atoms with van der Waals surface area (Å²) < 4.78 is 30.9. The van der Waals surface area contributed by atoms with Gasteiger partial charge < -0.3 is 4.74 Å². The monoisotopic (exact) mass is 319 g/mol. The average molecular weight is 320 g/mol. The summed E-state index contributed by atoms with van der Waals surface area (Å²) in [6.45, 7) is 4.74. The van der Waals surface area contributed by atoms with Gasteiger partial charge in [-0.3, -0.25) is 4.79 Å². The summed E-state index contributed by atoms with van der Waals surface area (Å²) >= 11 is 5.83. The third kappa shape index (κ3) is 3.71. The van der Waals surface area contributed by atoms with E-state index in [4.69, 9.17) is 11.6 Å². The summed E-state index contributed by atoms with van der Waals surface area (Å²) in [4.78, 5) is 11.5. The highest BCUT2D eigenvalue weighted by molar-refractivity contribution is 7.89. The smallest absolute Gasteiger partial charge is 0.321 e.